The maximum absolute atomic E-state index is 11.4. The van der Waals surface area contributed by atoms with Crippen molar-refractivity contribution in [1.82, 2.24) is 10.3 Å². The Morgan fingerprint density at radius 1 is 1.50 bits per heavy atom. The molecule has 1 N–H and O–H groups in total. The van der Waals surface area contributed by atoms with Crippen molar-refractivity contribution >= 4 is 11.6 Å². The first-order valence-corrected chi connectivity index (χ1v) is 3.95. The van der Waals surface area contributed by atoms with Crippen LogP contribution in [0.15, 0.2) is 5.10 Å². The van der Waals surface area contributed by atoms with Gasteiger partial charge >= 0.3 is 0 Å². The normalized spacial score (nSPS) is 12.1. The lowest BCUT2D eigenvalue weighted by Gasteiger charge is -2.16. The molecule has 1 unspecified atom stereocenters. The summed E-state index contributed by atoms with van der Waals surface area (Å²) in [5, 5.41) is 8.22. The number of hydrogen-bond acceptors (Lipinski definition) is 3. The molecule has 0 rings (SSSR count). The highest BCUT2D eigenvalue weighted by molar-refractivity contribution is 5.84. The van der Waals surface area contributed by atoms with Crippen molar-refractivity contribution in [2.75, 3.05) is 14.1 Å². The largest absolute Gasteiger partial charge is 0.309 e. The summed E-state index contributed by atoms with van der Waals surface area (Å²) in [5.41, 5.74) is 0.870. The Bertz CT molecular complexity index is 185. The molecule has 4 heteroatoms. The lowest BCUT2D eigenvalue weighted by atomic mass is 10.3. The Kier molecular flexibility index (Phi) is 4.51. The van der Waals surface area contributed by atoms with Crippen LogP contribution in [0.1, 0.15) is 20.8 Å². The quantitative estimate of drug-likeness (QED) is 0.495. The number of likely N-dealkylation sites (N-methyl/N-ethyl adjacent to an activating group) is 2. The van der Waals surface area contributed by atoms with Gasteiger partial charge in [0.1, 0.15) is 0 Å². The topological polar surface area (TPSA) is 44.7 Å². The summed E-state index contributed by atoms with van der Waals surface area (Å²) < 4.78 is 0. The molecule has 0 saturated heterocycles. The fourth-order valence-corrected chi connectivity index (χ4v) is 0.753. The summed E-state index contributed by atoms with van der Waals surface area (Å²) in [6.45, 7) is 5.51. The number of carbonyl (C=O) groups excluding carboxylic acids is 1. The van der Waals surface area contributed by atoms with Gasteiger partial charge in [-0.05, 0) is 27.8 Å². The highest BCUT2D eigenvalue weighted by Gasteiger charge is 2.14. The molecule has 0 aliphatic heterocycles. The first-order valence-electron chi connectivity index (χ1n) is 3.95. The first kappa shape index (κ1) is 11.1. The fraction of sp³-hybridized carbons (Fsp3) is 0.750. The van der Waals surface area contributed by atoms with Crippen LogP contribution in [0.4, 0.5) is 0 Å². The third kappa shape index (κ3) is 3.48. The van der Waals surface area contributed by atoms with Crippen LogP contribution in [0.3, 0.4) is 0 Å². The lowest BCUT2D eigenvalue weighted by Crippen LogP contribution is -2.39. The standard InChI is InChI=1S/C8H17N3O/c1-6(2)10-11(5)8(12)7(3)9-4/h7,9H,1-5H3. The van der Waals surface area contributed by atoms with Crippen molar-refractivity contribution < 1.29 is 4.79 Å². The second kappa shape index (κ2) is 4.87. The zero-order chi connectivity index (χ0) is 9.72. The van der Waals surface area contributed by atoms with Gasteiger partial charge in [-0.3, -0.25) is 4.79 Å². The molecule has 0 aromatic carbocycles. The highest BCUT2D eigenvalue weighted by atomic mass is 16.2. The predicted molar refractivity (Wildman–Crippen MR) is 50.1 cm³/mol. The summed E-state index contributed by atoms with van der Waals surface area (Å²) in [6.07, 6.45) is 0. The van der Waals surface area contributed by atoms with Gasteiger partial charge in [0.05, 0.1) is 6.04 Å². The van der Waals surface area contributed by atoms with Gasteiger partial charge in [0.25, 0.3) is 5.91 Å². The summed E-state index contributed by atoms with van der Waals surface area (Å²) >= 11 is 0. The van der Waals surface area contributed by atoms with Gasteiger partial charge in [0, 0.05) is 12.8 Å². The summed E-state index contributed by atoms with van der Waals surface area (Å²) in [5.74, 6) is -0.0290. The number of nitrogens with zero attached hydrogens (tertiary/aromatic N) is 2. The molecule has 4 nitrogen and oxygen atoms in total. The molecular weight excluding hydrogens is 154 g/mol. The fourth-order valence-electron chi connectivity index (χ4n) is 0.753. The van der Waals surface area contributed by atoms with Gasteiger partial charge in [-0.2, -0.15) is 5.10 Å². The number of rotatable bonds is 3. The van der Waals surface area contributed by atoms with Gasteiger partial charge in [0.2, 0.25) is 0 Å². The predicted octanol–water partition coefficient (Wildman–Crippen LogP) is 0.448. The van der Waals surface area contributed by atoms with Gasteiger partial charge in [-0.15, -0.1) is 0 Å². The summed E-state index contributed by atoms with van der Waals surface area (Å²) in [4.78, 5) is 11.4. The SMILES string of the molecule is CNC(C)C(=O)N(C)N=C(C)C. The second-order valence-electron chi connectivity index (χ2n) is 2.92. The Morgan fingerprint density at radius 3 is 2.33 bits per heavy atom. The minimum atomic E-state index is -0.182. The van der Waals surface area contributed by atoms with Crippen LogP contribution in [-0.4, -0.2) is 36.8 Å². The number of carbonyl (C=O) groups is 1. The van der Waals surface area contributed by atoms with Crippen molar-refractivity contribution in [3.63, 3.8) is 0 Å². The van der Waals surface area contributed by atoms with Crippen molar-refractivity contribution in [3.05, 3.63) is 0 Å². The van der Waals surface area contributed by atoms with E-state index in [0.717, 1.165) is 5.71 Å². The van der Waals surface area contributed by atoms with Crippen LogP contribution < -0.4 is 5.32 Å². The van der Waals surface area contributed by atoms with Gasteiger partial charge in [-0.1, -0.05) is 0 Å². The average Bonchev–Trinajstić information content (AvgIpc) is 2.00. The van der Waals surface area contributed by atoms with E-state index >= 15 is 0 Å². The maximum Gasteiger partial charge on any atom is 0.259 e. The Morgan fingerprint density at radius 2 is 2.00 bits per heavy atom. The molecule has 0 fully saturated rings. The molecule has 70 valence electrons. The zero-order valence-electron chi connectivity index (χ0n) is 8.38. The maximum atomic E-state index is 11.4. The highest BCUT2D eigenvalue weighted by Crippen LogP contribution is 1.92. The molecule has 0 spiro atoms. The lowest BCUT2D eigenvalue weighted by molar-refractivity contribution is -0.131. The number of nitrogens with one attached hydrogen (secondary N) is 1. The van der Waals surface area contributed by atoms with Crippen molar-refractivity contribution in [2.45, 2.75) is 26.8 Å². The van der Waals surface area contributed by atoms with Gasteiger partial charge < -0.3 is 5.32 Å². The average molecular weight is 171 g/mol. The van der Waals surface area contributed by atoms with E-state index in [1.165, 1.54) is 5.01 Å². The monoisotopic (exact) mass is 171 g/mol. The van der Waals surface area contributed by atoms with Crippen molar-refractivity contribution in [1.29, 1.82) is 0 Å². The molecule has 0 saturated carbocycles. The molecular formula is C8H17N3O. The van der Waals surface area contributed by atoms with E-state index in [-0.39, 0.29) is 11.9 Å². The molecule has 0 aliphatic carbocycles. The third-order valence-corrected chi connectivity index (χ3v) is 1.47. The van der Waals surface area contributed by atoms with Crippen molar-refractivity contribution in [2.24, 2.45) is 5.10 Å². The molecule has 1 atom stereocenters. The number of hydrazone groups is 1. The molecule has 12 heavy (non-hydrogen) atoms. The van der Waals surface area contributed by atoms with Crippen LogP contribution >= 0.6 is 0 Å². The second-order valence-corrected chi connectivity index (χ2v) is 2.92. The van der Waals surface area contributed by atoms with E-state index in [4.69, 9.17) is 0 Å². The summed E-state index contributed by atoms with van der Waals surface area (Å²) in [7, 11) is 3.40. The molecule has 0 aromatic rings. The van der Waals surface area contributed by atoms with Crippen LogP contribution in [0.2, 0.25) is 0 Å². The minimum absolute atomic E-state index is 0.0290. The van der Waals surface area contributed by atoms with Crippen LogP contribution in [0.25, 0.3) is 0 Å². The van der Waals surface area contributed by atoms with Gasteiger partial charge in [0.15, 0.2) is 0 Å². The zero-order valence-corrected chi connectivity index (χ0v) is 8.38. The van der Waals surface area contributed by atoms with E-state index in [2.05, 4.69) is 10.4 Å². The van der Waals surface area contributed by atoms with Gasteiger partial charge in [-0.25, -0.2) is 5.01 Å². The van der Waals surface area contributed by atoms with Crippen LogP contribution in [0, 0.1) is 0 Å². The van der Waals surface area contributed by atoms with Crippen LogP contribution in [-0.2, 0) is 4.79 Å². The van der Waals surface area contributed by atoms with E-state index in [1.54, 1.807) is 21.0 Å². The van der Waals surface area contributed by atoms with Crippen LogP contribution in [0.5, 0.6) is 0 Å². The number of hydrogen-bond donors (Lipinski definition) is 1. The van der Waals surface area contributed by atoms with E-state index < -0.39 is 0 Å². The van der Waals surface area contributed by atoms with E-state index in [1.807, 2.05) is 13.8 Å². The Hall–Kier alpha value is -0.900. The van der Waals surface area contributed by atoms with Crippen molar-refractivity contribution in [3.8, 4) is 0 Å². The Labute approximate surface area is 73.6 Å². The smallest absolute Gasteiger partial charge is 0.259 e. The summed E-state index contributed by atoms with van der Waals surface area (Å²) in [6, 6.07) is -0.182. The molecule has 0 heterocycles. The van der Waals surface area contributed by atoms with E-state index in [0.29, 0.717) is 0 Å². The third-order valence-electron chi connectivity index (χ3n) is 1.47. The van der Waals surface area contributed by atoms with E-state index in [9.17, 15) is 4.79 Å². The molecule has 0 bridgehead atoms. The molecule has 0 aromatic heterocycles. The number of amides is 1. The molecule has 0 radical (unpaired) electrons. The first-order chi connectivity index (χ1) is 5.49. The Balaban J connectivity index is 4.20. The molecule has 0 aliphatic rings. The minimum Gasteiger partial charge on any atom is -0.309 e. The molecule has 1 amide bonds.